The number of aliphatic carboxylic acids is 1. The van der Waals surface area contributed by atoms with Gasteiger partial charge in [0.05, 0.1) is 0 Å². The van der Waals surface area contributed by atoms with Gasteiger partial charge in [-0.25, -0.2) is 4.79 Å². The zero-order valence-corrected chi connectivity index (χ0v) is 13.1. The number of carboxylic acid groups (broad SMARTS) is 1. The third-order valence-corrected chi connectivity index (χ3v) is 2.43. The molecule has 0 saturated heterocycles. The molecule has 0 aromatic rings. The van der Waals surface area contributed by atoms with Gasteiger partial charge in [0.15, 0.2) is 0 Å². The van der Waals surface area contributed by atoms with Crippen molar-refractivity contribution in [1.29, 1.82) is 0 Å². The molecule has 0 aromatic carbocycles. The quantitative estimate of drug-likeness (QED) is 0.508. The number of carbonyl (C=O) groups is 4. The van der Waals surface area contributed by atoms with Crippen LogP contribution in [0.5, 0.6) is 0 Å². The Hall–Kier alpha value is -2.32. The average Bonchev–Trinajstić information content (AvgIpc) is 2.30. The molecule has 5 N–H and O–H groups in total. The number of amides is 3. The summed E-state index contributed by atoms with van der Waals surface area (Å²) in [6.07, 6.45) is -1.23. The highest BCUT2D eigenvalue weighted by molar-refractivity contribution is 5.90. The minimum Gasteiger partial charge on any atom is -0.481 e. The van der Waals surface area contributed by atoms with E-state index in [1.54, 1.807) is 20.8 Å². The number of nitrogens with two attached hydrogens (primary N) is 1. The van der Waals surface area contributed by atoms with Crippen LogP contribution in [-0.2, 0) is 19.1 Å². The second-order valence-electron chi connectivity index (χ2n) is 5.76. The minimum atomic E-state index is -1.12. The van der Waals surface area contributed by atoms with Crippen molar-refractivity contribution in [3.63, 3.8) is 0 Å². The zero-order valence-electron chi connectivity index (χ0n) is 13.1. The molecular weight excluding hydrogens is 294 g/mol. The predicted molar refractivity (Wildman–Crippen MR) is 76.8 cm³/mol. The summed E-state index contributed by atoms with van der Waals surface area (Å²) < 4.78 is 4.99. The standard InChI is InChI=1S/C13H23N3O6/c1-7(15-12(21)22-13(2,3)4)11(20)16-8(10(14)19)5-6-9(17)18/h7-8H,5-6H2,1-4H3,(H2,14,19)(H,15,21)(H,16,20)(H,17,18)/t7-,8+/m0/s1. The lowest BCUT2D eigenvalue weighted by atomic mass is 10.1. The van der Waals surface area contributed by atoms with Crippen molar-refractivity contribution in [2.75, 3.05) is 0 Å². The summed E-state index contributed by atoms with van der Waals surface area (Å²) in [5, 5.41) is 13.2. The highest BCUT2D eigenvalue weighted by Crippen LogP contribution is 2.06. The van der Waals surface area contributed by atoms with E-state index < -0.39 is 41.6 Å². The Morgan fingerprint density at radius 2 is 1.73 bits per heavy atom. The molecule has 0 unspecified atom stereocenters. The number of ether oxygens (including phenoxy) is 1. The summed E-state index contributed by atoms with van der Waals surface area (Å²) >= 11 is 0. The van der Waals surface area contributed by atoms with E-state index in [4.69, 9.17) is 15.6 Å². The first-order chi connectivity index (χ1) is 9.92. The number of hydrogen-bond acceptors (Lipinski definition) is 5. The summed E-state index contributed by atoms with van der Waals surface area (Å²) in [4.78, 5) is 45.1. The Morgan fingerprint density at radius 1 is 1.18 bits per heavy atom. The molecule has 0 heterocycles. The van der Waals surface area contributed by atoms with E-state index in [-0.39, 0.29) is 12.8 Å². The van der Waals surface area contributed by atoms with Gasteiger partial charge in [-0.3, -0.25) is 14.4 Å². The molecule has 0 spiro atoms. The van der Waals surface area contributed by atoms with Gasteiger partial charge in [0.25, 0.3) is 0 Å². The molecule has 3 amide bonds. The van der Waals surface area contributed by atoms with E-state index in [9.17, 15) is 19.2 Å². The van der Waals surface area contributed by atoms with Crippen molar-refractivity contribution in [3.05, 3.63) is 0 Å². The van der Waals surface area contributed by atoms with Crippen LogP contribution in [0.3, 0.4) is 0 Å². The van der Waals surface area contributed by atoms with Gasteiger partial charge in [0.2, 0.25) is 11.8 Å². The highest BCUT2D eigenvalue weighted by Gasteiger charge is 2.25. The first-order valence-electron chi connectivity index (χ1n) is 6.73. The third kappa shape index (κ3) is 8.77. The number of carboxylic acids is 1. The average molecular weight is 317 g/mol. The van der Waals surface area contributed by atoms with Crippen molar-refractivity contribution in [3.8, 4) is 0 Å². The van der Waals surface area contributed by atoms with Crippen molar-refractivity contribution >= 4 is 23.9 Å². The Kier molecular flexibility index (Phi) is 7.34. The Bertz CT molecular complexity index is 444. The molecular formula is C13H23N3O6. The van der Waals surface area contributed by atoms with E-state index in [0.717, 1.165) is 0 Å². The first-order valence-corrected chi connectivity index (χ1v) is 6.73. The smallest absolute Gasteiger partial charge is 0.408 e. The van der Waals surface area contributed by atoms with Crippen LogP contribution in [0.25, 0.3) is 0 Å². The lowest BCUT2D eigenvalue weighted by Gasteiger charge is -2.22. The SMILES string of the molecule is C[C@H](NC(=O)OC(C)(C)C)C(=O)N[C@H](CCC(=O)O)C(N)=O. The van der Waals surface area contributed by atoms with Crippen molar-refractivity contribution in [2.24, 2.45) is 5.73 Å². The molecule has 0 bridgehead atoms. The molecule has 9 heteroatoms. The normalized spacial score (nSPS) is 13.6. The number of alkyl carbamates (subject to hydrolysis) is 1. The fourth-order valence-corrected chi connectivity index (χ4v) is 1.40. The summed E-state index contributed by atoms with van der Waals surface area (Å²) in [7, 11) is 0. The van der Waals surface area contributed by atoms with Crippen LogP contribution in [0.2, 0.25) is 0 Å². The predicted octanol–water partition coefficient (Wildman–Crippen LogP) is -0.265. The van der Waals surface area contributed by atoms with Crippen LogP contribution < -0.4 is 16.4 Å². The summed E-state index contributed by atoms with van der Waals surface area (Å²) in [6.45, 7) is 6.42. The lowest BCUT2D eigenvalue weighted by Crippen LogP contribution is -2.52. The van der Waals surface area contributed by atoms with Gasteiger partial charge in [-0.2, -0.15) is 0 Å². The van der Waals surface area contributed by atoms with E-state index in [1.165, 1.54) is 6.92 Å². The van der Waals surface area contributed by atoms with Crippen LogP contribution in [0.15, 0.2) is 0 Å². The number of nitrogens with one attached hydrogen (secondary N) is 2. The summed E-state index contributed by atoms with van der Waals surface area (Å²) in [6, 6.07) is -2.09. The molecule has 9 nitrogen and oxygen atoms in total. The van der Waals surface area contributed by atoms with Gasteiger partial charge >= 0.3 is 12.1 Å². The van der Waals surface area contributed by atoms with Gasteiger partial charge in [0, 0.05) is 6.42 Å². The van der Waals surface area contributed by atoms with Crippen molar-refractivity contribution in [1.82, 2.24) is 10.6 Å². The molecule has 0 rings (SSSR count). The maximum Gasteiger partial charge on any atom is 0.408 e. The summed E-state index contributed by atoms with van der Waals surface area (Å²) in [5.74, 6) is -2.63. The Labute approximate surface area is 128 Å². The van der Waals surface area contributed by atoms with Gasteiger partial charge in [-0.05, 0) is 34.1 Å². The molecule has 2 atom stereocenters. The van der Waals surface area contributed by atoms with Gasteiger partial charge in [0.1, 0.15) is 17.7 Å². The van der Waals surface area contributed by atoms with Crippen molar-refractivity contribution in [2.45, 2.75) is 58.2 Å². The van der Waals surface area contributed by atoms with E-state index >= 15 is 0 Å². The van der Waals surface area contributed by atoms with Gasteiger partial charge in [-0.1, -0.05) is 0 Å². The summed E-state index contributed by atoms with van der Waals surface area (Å²) in [5.41, 5.74) is 4.39. The molecule has 126 valence electrons. The topological polar surface area (TPSA) is 148 Å². The molecule has 0 aliphatic rings. The molecule has 0 fully saturated rings. The van der Waals surface area contributed by atoms with Crippen LogP contribution >= 0.6 is 0 Å². The number of carbonyl (C=O) groups excluding carboxylic acids is 3. The van der Waals surface area contributed by atoms with Crippen LogP contribution in [0.1, 0.15) is 40.5 Å². The van der Waals surface area contributed by atoms with E-state index in [1.807, 2.05) is 0 Å². The molecule has 0 saturated carbocycles. The molecule has 0 radical (unpaired) electrons. The number of primary amides is 1. The fraction of sp³-hybridized carbons (Fsp3) is 0.692. The minimum absolute atomic E-state index is 0.129. The van der Waals surface area contributed by atoms with E-state index in [2.05, 4.69) is 10.6 Å². The zero-order chi connectivity index (χ0) is 17.5. The fourth-order valence-electron chi connectivity index (χ4n) is 1.40. The number of hydrogen-bond donors (Lipinski definition) is 4. The Morgan fingerprint density at radius 3 is 2.14 bits per heavy atom. The Balaban J connectivity index is 4.50. The lowest BCUT2D eigenvalue weighted by molar-refractivity contribution is -0.137. The first kappa shape index (κ1) is 19.7. The molecule has 0 aromatic heterocycles. The highest BCUT2D eigenvalue weighted by atomic mass is 16.6. The molecule has 22 heavy (non-hydrogen) atoms. The second-order valence-corrected chi connectivity index (χ2v) is 5.76. The third-order valence-electron chi connectivity index (χ3n) is 2.43. The molecule has 0 aliphatic heterocycles. The largest absolute Gasteiger partial charge is 0.481 e. The number of rotatable bonds is 7. The van der Waals surface area contributed by atoms with E-state index in [0.29, 0.717) is 0 Å². The monoisotopic (exact) mass is 317 g/mol. The second kappa shape index (κ2) is 8.20. The van der Waals surface area contributed by atoms with Crippen molar-refractivity contribution < 1.29 is 29.0 Å². The van der Waals surface area contributed by atoms with Crippen LogP contribution in [0, 0.1) is 0 Å². The van der Waals surface area contributed by atoms with Crippen LogP contribution in [0.4, 0.5) is 4.79 Å². The maximum atomic E-state index is 11.9. The molecule has 0 aliphatic carbocycles. The van der Waals surface area contributed by atoms with Gasteiger partial charge < -0.3 is 26.2 Å². The van der Waals surface area contributed by atoms with Gasteiger partial charge in [-0.15, -0.1) is 0 Å². The van der Waals surface area contributed by atoms with Crippen LogP contribution in [-0.4, -0.2) is 46.7 Å². The maximum absolute atomic E-state index is 11.9.